The summed E-state index contributed by atoms with van der Waals surface area (Å²) in [6.07, 6.45) is 3.83. The quantitative estimate of drug-likeness (QED) is 0.312. The average Bonchev–Trinajstić information content (AvgIpc) is 2.78. The number of pyridine rings is 1. The first-order valence-corrected chi connectivity index (χ1v) is 10.9. The number of benzene rings is 2. The summed E-state index contributed by atoms with van der Waals surface area (Å²) in [5.74, 6) is 0.224. The molecule has 1 aliphatic rings. The van der Waals surface area contributed by atoms with Gasteiger partial charge in [-0.05, 0) is 62.2 Å². The minimum atomic E-state index is -0.334. The molecule has 1 aromatic heterocycles. The van der Waals surface area contributed by atoms with Gasteiger partial charge < -0.3 is 15.4 Å². The summed E-state index contributed by atoms with van der Waals surface area (Å²) in [7, 11) is 1.62. The van der Waals surface area contributed by atoms with Gasteiger partial charge in [-0.2, -0.15) is 0 Å². The van der Waals surface area contributed by atoms with Gasteiger partial charge >= 0.3 is 0 Å². The van der Waals surface area contributed by atoms with Crippen molar-refractivity contribution in [2.45, 2.75) is 25.8 Å². The number of carbonyl (C=O) groups is 2. The number of methoxy groups -OCH3 is 1. The average molecular weight is 462 g/mol. The summed E-state index contributed by atoms with van der Waals surface area (Å²) in [4.78, 5) is 29.6. The first-order chi connectivity index (χ1) is 15.7. The van der Waals surface area contributed by atoms with Gasteiger partial charge in [-0.3, -0.25) is 9.59 Å². The molecular weight excluding hydrogens is 438 g/mol. The van der Waals surface area contributed by atoms with Gasteiger partial charge in [-0.1, -0.05) is 29.8 Å². The molecule has 0 spiro atoms. The second-order valence-electron chi connectivity index (χ2n) is 8.54. The van der Waals surface area contributed by atoms with Crippen LogP contribution in [0.5, 0.6) is 5.75 Å². The zero-order valence-corrected chi connectivity index (χ0v) is 19.4. The van der Waals surface area contributed by atoms with Crippen molar-refractivity contribution >= 4 is 34.7 Å². The highest BCUT2D eigenvalue weighted by Crippen LogP contribution is 2.32. The number of hydrogen-bond acceptors (Lipinski definition) is 5. The second-order valence-corrected chi connectivity index (χ2v) is 8.92. The van der Waals surface area contributed by atoms with Crippen LogP contribution in [-0.4, -0.2) is 29.3 Å². The Balaban J connectivity index is 1.60. The number of allylic oxidation sites excluding steroid dienone is 1. The van der Waals surface area contributed by atoms with Gasteiger partial charge in [-0.25, -0.2) is 4.98 Å². The van der Waals surface area contributed by atoms with Crippen LogP contribution in [0.2, 0.25) is 5.15 Å². The molecule has 0 saturated heterocycles. The predicted molar refractivity (Wildman–Crippen MR) is 130 cm³/mol. The molecule has 33 heavy (non-hydrogen) atoms. The van der Waals surface area contributed by atoms with Crippen molar-refractivity contribution in [1.82, 2.24) is 10.3 Å². The standard InChI is InChI=1S/C26H24ClN3O3/c1-26(2)14-17-7-9-20(33-3)12-21(17)22(30-26)13-23(31)16-5-4-6-19(11-16)29-25(32)18-8-10-24(27)28-15-18/h4-13,15,30H,14H2,1-3H3,(H,29,32)/b22-13-. The van der Waals surface area contributed by atoms with E-state index < -0.39 is 0 Å². The number of rotatable bonds is 5. The van der Waals surface area contributed by atoms with Gasteiger partial charge in [0.25, 0.3) is 5.91 Å². The maximum atomic E-state index is 13.1. The lowest BCUT2D eigenvalue weighted by molar-refractivity contribution is 0.102. The predicted octanol–water partition coefficient (Wildman–Crippen LogP) is 5.14. The molecule has 7 heteroatoms. The molecule has 2 aromatic carbocycles. The third-order valence-electron chi connectivity index (χ3n) is 5.38. The maximum absolute atomic E-state index is 13.1. The molecule has 0 atom stereocenters. The van der Waals surface area contributed by atoms with E-state index in [1.54, 1.807) is 49.6 Å². The Labute approximate surface area is 197 Å². The van der Waals surface area contributed by atoms with E-state index in [4.69, 9.17) is 16.3 Å². The fourth-order valence-corrected chi connectivity index (χ4v) is 3.94. The summed E-state index contributed by atoms with van der Waals surface area (Å²) in [5.41, 5.74) is 3.99. The number of amides is 1. The zero-order chi connectivity index (χ0) is 23.6. The third-order valence-corrected chi connectivity index (χ3v) is 5.61. The monoisotopic (exact) mass is 461 g/mol. The normalized spacial score (nSPS) is 15.3. The van der Waals surface area contributed by atoms with Gasteiger partial charge in [-0.15, -0.1) is 0 Å². The summed E-state index contributed by atoms with van der Waals surface area (Å²) in [6, 6.07) is 15.9. The van der Waals surface area contributed by atoms with Crippen molar-refractivity contribution in [3.63, 3.8) is 0 Å². The lowest BCUT2D eigenvalue weighted by atomic mass is 9.85. The lowest BCUT2D eigenvalue weighted by Gasteiger charge is -2.35. The first-order valence-electron chi connectivity index (χ1n) is 10.5. The van der Waals surface area contributed by atoms with Crippen LogP contribution >= 0.6 is 11.6 Å². The van der Waals surface area contributed by atoms with Gasteiger partial charge in [0.15, 0.2) is 5.78 Å². The smallest absolute Gasteiger partial charge is 0.257 e. The minimum absolute atomic E-state index is 0.173. The van der Waals surface area contributed by atoms with Gasteiger partial charge in [0.1, 0.15) is 10.9 Å². The Morgan fingerprint density at radius 3 is 2.67 bits per heavy atom. The zero-order valence-electron chi connectivity index (χ0n) is 18.6. The largest absolute Gasteiger partial charge is 0.497 e. The van der Waals surface area contributed by atoms with E-state index in [2.05, 4.69) is 29.5 Å². The molecule has 0 bridgehead atoms. The van der Waals surface area contributed by atoms with Crippen LogP contribution in [-0.2, 0) is 6.42 Å². The van der Waals surface area contributed by atoms with E-state index in [0.717, 1.165) is 29.0 Å². The van der Waals surface area contributed by atoms with E-state index in [1.807, 2.05) is 18.2 Å². The van der Waals surface area contributed by atoms with Gasteiger partial charge in [0, 0.05) is 40.3 Å². The Hall–Kier alpha value is -3.64. The molecule has 2 N–H and O–H groups in total. The number of hydrogen-bond donors (Lipinski definition) is 2. The van der Waals surface area contributed by atoms with Crippen LogP contribution in [0.15, 0.2) is 66.9 Å². The highest BCUT2D eigenvalue weighted by Gasteiger charge is 2.28. The number of anilines is 1. The van der Waals surface area contributed by atoms with Crippen LogP contribution in [0, 0.1) is 0 Å². The molecule has 0 aliphatic carbocycles. The number of ketones is 1. The fourth-order valence-electron chi connectivity index (χ4n) is 3.83. The van der Waals surface area contributed by atoms with E-state index >= 15 is 0 Å². The molecule has 3 aromatic rings. The Morgan fingerprint density at radius 1 is 1.12 bits per heavy atom. The number of halogens is 1. The Morgan fingerprint density at radius 2 is 1.94 bits per heavy atom. The fraction of sp³-hybridized carbons (Fsp3) is 0.192. The number of nitrogens with zero attached hydrogens (tertiary/aromatic N) is 1. The highest BCUT2D eigenvalue weighted by atomic mass is 35.5. The summed E-state index contributed by atoms with van der Waals surface area (Å²) < 4.78 is 5.37. The van der Waals surface area contributed by atoms with Gasteiger partial charge in [0.2, 0.25) is 0 Å². The molecule has 0 radical (unpaired) electrons. The summed E-state index contributed by atoms with van der Waals surface area (Å²) >= 11 is 5.78. The van der Waals surface area contributed by atoms with E-state index in [9.17, 15) is 9.59 Å². The van der Waals surface area contributed by atoms with Crippen molar-refractivity contribution in [3.8, 4) is 5.75 Å². The van der Waals surface area contributed by atoms with Gasteiger partial charge in [0.05, 0.1) is 12.7 Å². The molecular formula is C26H24ClN3O3. The Kier molecular flexibility index (Phi) is 6.20. The van der Waals surface area contributed by atoms with E-state index in [1.165, 1.54) is 6.20 Å². The molecule has 1 aliphatic heterocycles. The number of aromatic nitrogens is 1. The van der Waals surface area contributed by atoms with Crippen molar-refractivity contribution in [3.05, 3.63) is 94.3 Å². The molecule has 168 valence electrons. The lowest BCUT2D eigenvalue weighted by Crippen LogP contribution is -2.43. The van der Waals surface area contributed by atoms with Crippen molar-refractivity contribution in [2.75, 3.05) is 12.4 Å². The van der Waals surface area contributed by atoms with E-state index in [0.29, 0.717) is 22.0 Å². The molecule has 4 rings (SSSR count). The van der Waals surface area contributed by atoms with Crippen LogP contribution in [0.3, 0.4) is 0 Å². The second kappa shape index (κ2) is 9.08. The topological polar surface area (TPSA) is 80.3 Å². The summed E-state index contributed by atoms with van der Waals surface area (Å²) in [5, 5.41) is 6.58. The minimum Gasteiger partial charge on any atom is -0.497 e. The molecule has 1 amide bonds. The highest BCUT2D eigenvalue weighted by molar-refractivity contribution is 6.29. The van der Waals surface area contributed by atoms with Crippen LogP contribution in [0.1, 0.15) is 45.7 Å². The molecule has 6 nitrogen and oxygen atoms in total. The Bertz CT molecular complexity index is 1250. The number of carbonyl (C=O) groups excluding carboxylic acids is 2. The molecule has 0 unspecified atom stereocenters. The van der Waals surface area contributed by atoms with Crippen LogP contribution < -0.4 is 15.4 Å². The van der Waals surface area contributed by atoms with E-state index in [-0.39, 0.29) is 17.2 Å². The molecule has 0 saturated carbocycles. The van der Waals surface area contributed by atoms with Crippen LogP contribution in [0.25, 0.3) is 5.70 Å². The number of ether oxygens (including phenoxy) is 1. The number of fused-ring (bicyclic) bond motifs is 1. The van der Waals surface area contributed by atoms with Crippen molar-refractivity contribution in [1.29, 1.82) is 0 Å². The number of nitrogens with one attached hydrogen (secondary N) is 2. The maximum Gasteiger partial charge on any atom is 0.257 e. The summed E-state index contributed by atoms with van der Waals surface area (Å²) in [6.45, 7) is 4.19. The molecule has 2 heterocycles. The van der Waals surface area contributed by atoms with Crippen molar-refractivity contribution < 1.29 is 14.3 Å². The SMILES string of the molecule is COc1ccc2c(c1)/C(=C/C(=O)c1cccc(NC(=O)c3ccc(Cl)nc3)c1)NC(C)(C)C2. The third kappa shape index (κ3) is 5.23. The van der Waals surface area contributed by atoms with Crippen molar-refractivity contribution in [2.24, 2.45) is 0 Å². The van der Waals surface area contributed by atoms with Crippen LogP contribution in [0.4, 0.5) is 5.69 Å². The first kappa shape index (κ1) is 22.6. The molecule has 0 fully saturated rings.